The van der Waals surface area contributed by atoms with Crippen molar-refractivity contribution >= 4 is 29.9 Å². The maximum Gasteiger partial charge on any atom is 0.213 e. The lowest BCUT2D eigenvalue weighted by molar-refractivity contribution is 0.155. The Hall–Kier alpha value is -1.77. The van der Waals surface area contributed by atoms with Crippen molar-refractivity contribution in [3.8, 4) is 5.75 Å². The number of rotatable bonds is 6. The minimum atomic E-state index is -0.0457. The molecule has 1 saturated carbocycles. The van der Waals surface area contributed by atoms with E-state index in [1.165, 1.54) is 19.3 Å². The lowest BCUT2D eigenvalue weighted by Gasteiger charge is -2.23. The average molecular weight is 526 g/mol. The van der Waals surface area contributed by atoms with Crippen LogP contribution >= 0.6 is 24.0 Å². The number of halogens is 1. The van der Waals surface area contributed by atoms with Gasteiger partial charge in [0.25, 0.3) is 0 Å². The lowest BCUT2D eigenvalue weighted by Crippen LogP contribution is -2.36. The highest BCUT2D eigenvalue weighted by atomic mass is 127. The third-order valence-corrected chi connectivity index (χ3v) is 5.14. The van der Waals surface area contributed by atoms with Gasteiger partial charge in [-0.1, -0.05) is 39.3 Å². The van der Waals surface area contributed by atoms with Crippen molar-refractivity contribution in [3.05, 3.63) is 47.7 Å². The number of oxazole rings is 1. The molecule has 1 aliphatic carbocycles. The summed E-state index contributed by atoms with van der Waals surface area (Å²) in [6, 6.07) is 8.29. The Balaban J connectivity index is 0.00000320. The second kappa shape index (κ2) is 11.6. The van der Waals surface area contributed by atoms with Crippen LogP contribution in [0.5, 0.6) is 5.75 Å². The van der Waals surface area contributed by atoms with E-state index < -0.39 is 0 Å². The highest BCUT2D eigenvalue weighted by molar-refractivity contribution is 14.0. The zero-order valence-corrected chi connectivity index (χ0v) is 20.9. The monoisotopic (exact) mass is 526 g/mol. The summed E-state index contributed by atoms with van der Waals surface area (Å²) < 4.78 is 12.0. The van der Waals surface area contributed by atoms with Crippen LogP contribution in [0, 0.1) is 0 Å². The van der Waals surface area contributed by atoms with Gasteiger partial charge in [-0.25, -0.2) is 4.98 Å². The van der Waals surface area contributed by atoms with Crippen LogP contribution in [0.15, 0.2) is 39.9 Å². The first-order valence-corrected chi connectivity index (χ1v) is 10.6. The van der Waals surface area contributed by atoms with Crippen molar-refractivity contribution in [2.75, 3.05) is 7.05 Å². The molecule has 0 atom stereocenters. The van der Waals surface area contributed by atoms with E-state index in [0.29, 0.717) is 31.0 Å². The molecule has 1 aromatic heterocycles. The Morgan fingerprint density at radius 2 is 1.90 bits per heavy atom. The van der Waals surface area contributed by atoms with E-state index in [4.69, 9.17) is 9.15 Å². The Labute approximate surface area is 197 Å². The van der Waals surface area contributed by atoms with Gasteiger partial charge in [0.15, 0.2) is 5.96 Å². The normalized spacial score (nSPS) is 15.4. The summed E-state index contributed by atoms with van der Waals surface area (Å²) in [4.78, 5) is 8.63. The number of hydrogen-bond donors (Lipinski definition) is 2. The van der Waals surface area contributed by atoms with Gasteiger partial charge in [0.2, 0.25) is 5.89 Å². The van der Waals surface area contributed by atoms with Gasteiger partial charge in [-0.2, -0.15) is 0 Å². The highest BCUT2D eigenvalue weighted by Gasteiger charge is 2.19. The molecule has 0 bridgehead atoms. The third-order valence-electron chi connectivity index (χ3n) is 5.14. The third kappa shape index (κ3) is 7.49. The first-order chi connectivity index (χ1) is 13.9. The molecular weight excluding hydrogens is 491 g/mol. The van der Waals surface area contributed by atoms with Gasteiger partial charge in [-0.3, -0.25) is 4.99 Å². The number of nitrogens with zero attached hydrogens (tertiary/aromatic N) is 2. The molecule has 30 heavy (non-hydrogen) atoms. The van der Waals surface area contributed by atoms with Gasteiger partial charge in [0, 0.05) is 19.0 Å². The average Bonchev–Trinajstić information content (AvgIpc) is 3.19. The Morgan fingerprint density at radius 1 is 1.17 bits per heavy atom. The van der Waals surface area contributed by atoms with Crippen LogP contribution in [-0.4, -0.2) is 24.1 Å². The molecule has 0 spiro atoms. The summed E-state index contributed by atoms with van der Waals surface area (Å²) in [5, 5.41) is 6.59. The number of ether oxygens (including phenoxy) is 1. The van der Waals surface area contributed by atoms with Crippen molar-refractivity contribution in [2.45, 2.75) is 77.5 Å². The first kappa shape index (κ1) is 24.5. The Morgan fingerprint density at radius 3 is 2.57 bits per heavy atom. The van der Waals surface area contributed by atoms with E-state index >= 15 is 0 Å². The summed E-state index contributed by atoms with van der Waals surface area (Å²) in [6.45, 7) is 7.48. The molecule has 7 heteroatoms. The molecule has 0 saturated heterocycles. The number of nitrogens with one attached hydrogen (secondary N) is 2. The van der Waals surface area contributed by atoms with E-state index in [2.05, 4.69) is 53.5 Å². The number of guanidine groups is 1. The number of aromatic nitrogens is 1. The van der Waals surface area contributed by atoms with E-state index in [1.807, 2.05) is 12.1 Å². The molecule has 0 aliphatic heterocycles. The van der Waals surface area contributed by atoms with Crippen molar-refractivity contribution in [1.82, 2.24) is 15.6 Å². The number of aliphatic imine (C=N–C) groups is 1. The largest absolute Gasteiger partial charge is 0.490 e. The van der Waals surface area contributed by atoms with Gasteiger partial charge in [0.1, 0.15) is 11.5 Å². The molecule has 1 heterocycles. The SMILES string of the molecule is CN=C(NCc1cccc(OC2CCCCC2)c1)NCc1ncc(C(C)(C)C)o1.I. The quantitative estimate of drug-likeness (QED) is 0.309. The summed E-state index contributed by atoms with van der Waals surface area (Å²) in [7, 11) is 1.76. The fourth-order valence-electron chi connectivity index (χ4n) is 3.41. The predicted octanol–water partition coefficient (Wildman–Crippen LogP) is 5.17. The molecule has 1 aliphatic rings. The zero-order chi connectivity index (χ0) is 20.7. The molecule has 1 fully saturated rings. The van der Waals surface area contributed by atoms with Gasteiger partial charge in [-0.15, -0.1) is 24.0 Å². The number of benzene rings is 1. The molecule has 2 aromatic rings. The molecule has 1 aromatic carbocycles. The van der Waals surface area contributed by atoms with Crippen LogP contribution in [0.25, 0.3) is 0 Å². The van der Waals surface area contributed by atoms with E-state index in [9.17, 15) is 0 Å². The van der Waals surface area contributed by atoms with Gasteiger partial charge < -0.3 is 19.8 Å². The second-order valence-corrected chi connectivity index (χ2v) is 8.67. The van der Waals surface area contributed by atoms with Crippen LogP contribution in [0.3, 0.4) is 0 Å². The second-order valence-electron chi connectivity index (χ2n) is 8.67. The minimum Gasteiger partial charge on any atom is -0.490 e. The van der Waals surface area contributed by atoms with Crippen LogP contribution in [0.4, 0.5) is 0 Å². The van der Waals surface area contributed by atoms with E-state index in [0.717, 1.165) is 29.9 Å². The van der Waals surface area contributed by atoms with Gasteiger partial charge in [0.05, 0.1) is 18.8 Å². The van der Waals surface area contributed by atoms with Gasteiger partial charge in [-0.05, 0) is 43.4 Å². The molecule has 0 amide bonds. The highest BCUT2D eigenvalue weighted by Crippen LogP contribution is 2.24. The lowest BCUT2D eigenvalue weighted by atomic mass is 9.94. The Bertz CT molecular complexity index is 808. The number of hydrogen-bond acceptors (Lipinski definition) is 4. The maximum absolute atomic E-state index is 6.17. The van der Waals surface area contributed by atoms with Crippen molar-refractivity contribution in [2.24, 2.45) is 4.99 Å². The summed E-state index contributed by atoms with van der Waals surface area (Å²) in [6.07, 6.45) is 8.37. The van der Waals surface area contributed by atoms with Crippen LogP contribution in [0.1, 0.15) is 70.1 Å². The topological polar surface area (TPSA) is 71.7 Å². The van der Waals surface area contributed by atoms with Crippen molar-refractivity contribution in [1.29, 1.82) is 0 Å². The van der Waals surface area contributed by atoms with Crippen molar-refractivity contribution < 1.29 is 9.15 Å². The maximum atomic E-state index is 6.17. The van der Waals surface area contributed by atoms with Crippen LogP contribution in [-0.2, 0) is 18.5 Å². The molecule has 6 nitrogen and oxygen atoms in total. The predicted molar refractivity (Wildman–Crippen MR) is 132 cm³/mol. The minimum absolute atomic E-state index is 0. The molecule has 166 valence electrons. The molecule has 0 radical (unpaired) electrons. The molecule has 0 unspecified atom stereocenters. The smallest absolute Gasteiger partial charge is 0.213 e. The fourth-order valence-corrected chi connectivity index (χ4v) is 3.41. The van der Waals surface area contributed by atoms with Crippen LogP contribution < -0.4 is 15.4 Å². The van der Waals surface area contributed by atoms with Gasteiger partial charge >= 0.3 is 0 Å². The zero-order valence-electron chi connectivity index (χ0n) is 18.5. The molecular formula is C23H35IN4O2. The molecule has 3 rings (SSSR count). The summed E-state index contributed by atoms with van der Waals surface area (Å²) in [5.74, 6) is 3.19. The van der Waals surface area contributed by atoms with E-state index in [1.54, 1.807) is 13.2 Å². The Kier molecular flexibility index (Phi) is 9.45. The molecule has 2 N–H and O–H groups in total. The first-order valence-electron chi connectivity index (χ1n) is 10.6. The fraction of sp³-hybridized carbons (Fsp3) is 0.565. The van der Waals surface area contributed by atoms with E-state index in [-0.39, 0.29) is 29.4 Å². The summed E-state index contributed by atoms with van der Waals surface area (Å²) in [5.41, 5.74) is 1.11. The standard InChI is InChI=1S/C23H34N4O2.HI/c1-23(2,3)20-15-25-21(29-20)16-27-22(24-4)26-14-17-9-8-12-19(13-17)28-18-10-6-5-7-11-18;/h8-9,12-13,15,18H,5-7,10-11,14,16H2,1-4H3,(H2,24,26,27);1H. The summed E-state index contributed by atoms with van der Waals surface area (Å²) >= 11 is 0. The van der Waals surface area contributed by atoms with Crippen molar-refractivity contribution in [3.63, 3.8) is 0 Å². The van der Waals surface area contributed by atoms with Crippen LogP contribution in [0.2, 0.25) is 0 Å².